The zero-order valence-corrected chi connectivity index (χ0v) is 12.1. The monoisotopic (exact) mass is 282 g/mol. The zero-order valence-electron chi connectivity index (χ0n) is 12.1. The molecule has 5 nitrogen and oxygen atoms in total. The van der Waals surface area contributed by atoms with Crippen LogP contribution < -0.4 is 5.32 Å². The topological polar surface area (TPSA) is 69.6 Å². The number of carbonyl (C=O) groups excluding carboxylic acids is 2. The van der Waals surface area contributed by atoms with Crippen LogP contribution in [0.5, 0.6) is 0 Å². The summed E-state index contributed by atoms with van der Waals surface area (Å²) in [6, 6.07) is 0. The smallest absolute Gasteiger partial charge is 0.249 e. The highest BCUT2D eigenvalue weighted by atomic mass is 16.3. The number of carbonyl (C=O) groups is 2. The Bertz CT molecular complexity index is 340. The number of piperidine rings is 1. The van der Waals surface area contributed by atoms with E-state index >= 15 is 0 Å². The van der Waals surface area contributed by atoms with E-state index in [1.807, 2.05) is 0 Å². The molecule has 0 spiro atoms. The van der Waals surface area contributed by atoms with Crippen molar-refractivity contribution in [3.8, 4) is 0 Å². The number of hydrogen-bond donors (Lipinski definition) is 2. The highest BCUT2D eigenvalue weighted by Gasteiger charge is 2.27. The maximum absolute atomic E-state index is 11.9. The average Bonchev–Trinajstić information content (AvgIpc) is 2.49. The second-order valence-corrected chi connectivity index (χ2v) is 5.97. The number of nitrogens with one attached hydrogen (secondary N) is 1. The van der Waals surface area contributed by atoms with Crippen molar-refractivity contribution < 1.29 is 14.7 Å². The summed E-state index contributed by atoms with van der Waals surface area (Å²) >= 11 is 0. The molecular formula is C15H26N2O3. The first-order valence-electron chi connectivity index (χ1n) is 7.92. The van der Waals surface area contributed by atoms with Crippen LogP contribution in [0.3, 0.4) is 0 Å². The molecule has 0 radical (unpaired) electrons. The first-order valence-corrected chi connectivity index (χ1v) is 7.92. The third-order valence-electron chi connectivity index (χ3n) is 4.47. The van der Waals surface area contributed by atoms with E-state index in [1.54, 1.807) is 4.90 Å². The van der Waals surface area contributed by atoms with Gasteiger partial charge in [-0.05, 0) is 31.6 Å². The van der Waals surface area contributed by atoms with E-state index in [4.69, 9.17) is 0 Å². The van der Waals surface area contributed by atoms with Crippen LogP contribution >= 0.6 is 0 Å². The Hall–Kier alpha value is -1.10. The molecule has 2 rings (SSSR count). The number of rotatable bonds is 5. The maximum atomic E-state index is 11.9. The second kappa shape index (κ2) is 7.62. The normalized spacial score (nSPS) is 22.6. The number of aliphatic hydroxyl groups is 1. The van der Waals surface area contributed by atoms with Crippen LogP contribution in [0, 0.1) is 5.92 Å². The van der Waals surface area contributed by atoms with E-state index in [1.165, 1.54) is 6.42 Å². The van der Waals surface area contributed by atoms with Gasteiger partial charge in [-0.3, -0.25) is 9.59 Å². The van der Waals surface area contributed by atoms with Gasteiger partial charge in [-0.15, -0.1) is 0 Å². The number of hydrogen-bond acceptors (Lipinski definition) is 3. The van der Waals surface area contributed by atoms with Crippen molar-refractivity contribution in [3.63, 3.8) is 0 Å². The minimum absolute atomic E-state index is 0.111. The van der Waals surface area contributed by atoms with Crippen LogP contribution in [0.2, 0.25) is 0 Å². The van der Waals surface area contributed by atoms with Gasteiger partial charge in [0.2, 0.25) is 11.8 Å². The predicted octanol–water partition coefficient (Wildman–Crippen LogP) is 1.06. The van der Waals surface area contributed by atoms with Crippen LogP contribution in [-0.2, 0) is 9.59 Å². The first kappa shape index (κ1) is 15.3. The summed E-state index contributed by atoms with van der Waals surface area (Å²) in [5, 5.41) is 12.8. The van der Waals surface area contributed by atoms with Crippen molar-refractivity contribution in [2.45, 2.75) is 57.5 Å². The lowest BCUT2D eigenvalue weighted by atomic mass is 9.85. The molecule has 2 amide bonds. The van der Waals surface area contributed by atoms with Crippen LogP contribution in [0.25, 0.3) is 0 Å². The first-order chi connectivity index (χ1) is 9.68. The van der Waals surface area contributed by atoms with Gasteiger partial charge in [0, 0.05) is 26.1 Å². The molecule has 114 valence electrons. The number of aliphatic hydroxyl groups excluding tert-OH is 1. The minimum Gasteiger partial charge on any atom is -0.383 e. The molecular weight excluding hydrogens is 256 g/mol. The van der Waals surface area contributed by atoms with Crippen molar-refractivity contribution in [2.75, 3.05) is 19.6 Å². The lowest BCUT2D eigenvalue weighted by Gasteiger charge is -2.28. The summed E-state index contributed by atoms with van der Waals surface area (Å²) in [7, 11) is 0. The van der Waals surface area contributed by atoms with Crippen molar-refractivity contribution in [1.82, 2.24) is 10.2 Å². The fraction of sp³-hybridized carbons (Fsp3) is 0.867. The molecule has 1 heterocycles. The average molecular weight is 282 g/mol. The van der Waals surface area contributed by atoms with Crippen LogP contribution in [0.1, 0.15) is 51.4 Å². The van der Waals surface area contributed by atoms with Gasteiger partial charge >= 0.3 is 0 Å². The Balaban J connectivity index is 1.67. The van der Waals surface area contributed by atoms with E-state index in [0.717, 1.165) is 45.1 Å². The van der Waals surface area contributed by atoms with Crippen LogP contribution in [0.4, 0.5) is 0 Å². The molecule has 1 aliphatic heterocycles. The van der Waals surface area contributed by atoms with Gasteiger partial charge in [-0.2, -0.15) is 0 Å². The van der Waals surface area contributed by atoms with Gasteiger partial charge in [-0.25, -0.2) is 0 Å². The SMILES string of the molecule is O=C(NCCN1CCCCC1=O)[C@H](O)C1CCCCC1. The second-order valence-electron chi connectivity index (χ2n) is 5.97. The van der Waals surface area contributed by atoms with Gasteiger partial charge in [-0.1, -0.05) is 19.3 Å². The molecule has 1 saturated carbocycles. The van der Waals surface area contributed by atoms with Crippen molar-refractivity contribution in [1.29, 1.82) is 0 Å². The molecule has 0 aromatic heterocycles. The number of amides is 2. The molecule has 0 aromatic carbocycles. The highest BCUT2D eigenvalue weighted by Crippen LogP contribution is 2.26. The van der Waals surface area contributed by atoms with Crippen LogP contribution in [-0.4, -0.2) is 47.6 Å². The molecule has 5 heteroatoms. The Morgan fingerprint density at radius 2 is 2.00 bits per heavy atom. The molecule has 2 fully saturated rings. The van der Waals surface area contributed by atoms with Crippen molar-refractivity contribution >= 4 is 11.8 Å². The third-order valence-corrected chi connectivity index (χ3v) is 4.47. The standard InChI is InChI=1S/C15H26N2O3/c18-13-8-4-5-10-17(13)11-9-16-15(20)14(19)12-6-2-1-3-7-12/h12,14,19H,1-11H2,(H,16,20)/t14-/m1/s1. The van der Waals surface area contributed by atoms with Crippen LogP contribution in [0.15, 0.2) is 0 Å². The van der Waals surface area contributed by atoms with E-state index < -0.39 is 6.10 Å². The summed E-state index contributed by atoms with van der Waals surface area (Å²) in [6.45, 7) is 1.79. The summed E-state index contributed by atoms with van der Waals surface area (Å²) in [5.74, 6) is 0.0139. The van der Waals surface area contributed by atoms with Gasteiger partial charge in [0.1, 0.15) is 6.10 Å². The Kier molecular flexibility index (Phi) is 5.83. The zero-order chi connectivity index (χ0) is 14.4. The largest absolute Gasteiger partial charge is 0.383 e. The lowest BCUT2D eigenvalue weighted by Crippen LogP contribution is -2.45. The Labute approximate surface area is 120 Å². The number of nitrogens with zero attached hydrogens (tertiary/aromatic N) is 1. The minimum atomic E-state index is -0.882. The van der Waals surface area contributed by atoms with Gasteiger partial charge < -0.3 is 15.3 Å². The quantitative estimate of drug-likeness (QED) is 0.792. The Morgan fingerprint density at radius 1 is 1.25 bits per heavy atom. The van der Waals surface area contributed by atoms with E-state index in [9.17, 15) is 14.7 Å². The number of likely N-dealkylation sites (tertiary alicyclic amines) is 1. The summed E-state index contributed by atoms with van der Waals surface area (Å²) in [4.78, 5) is 25.3. The summed E-state index contributed by atoms with van der Waals surface area (Å²) < 4.78 is 0. The molecule has 0 bridgehead atoms. The molecule has 1 aliphatic carbocycles. The fourth-order valence-electron chi connectivity index (χ4n) is 3.18. The molecule has 1 atom stereocenters. The summed E-state index contributed by atoms with van der Waals surface area (Å²) in [6.07, 6.45) is 7.08. The lowest BCUT2D eigenvalue weighted by molar-refractivity contribution is -0.135. The fourth-order valence-corrected chi connectivity index (χ4v) is 3.18. The van der Waals surface area contributed by atoms with E-state index in [0.29, 0.717) is 19.5 Å². The van der Waals surface area contributed by atoms with Gasteiger partial charge in [0.05, 0.1) is 0 Å². The molecule has 0 aromatic rings. The summed E-state index contributed by atoms with van der Waals surface area (Å²) in [5.41, 5.74) is 0. The van der Waals surface area contributed by atoms with Crippen molar-refractivity contribution in [2.24, 2.45) is 5.92 Å². The third kappa shape index (κ3) is 4.20. The van der Waals surface area contributed by atoms with Gasteiger partial charge in [0.25, 0.3) is 0 Å². The molecule has 0 unspecified atom stereocenters. The predicted molar refractivity (Wildman–Crippen MR) is 76.0 cm³/mol. The molecule has 1 saturated heterocycles. The molecule has 2 aliphatic rings. The maximum Gasteiger partial charge on any atom is 0.249 e. The Morgan fingerprint density at radius 3 is 2.70 bits per heavy atom. The van der Waals surface area contributed by atoms with E-state index in [2.05, 4.69) is 5.32 Å². The highest BCUT2D eigenvalue weighted by molar-refractivity contribution is 5.81. The molecule has 2 N–H and O–H groups in total. The van der Waals surface area contributed by atoms with Crippen molar-refractivity contribution in [3.05, 3.63) is 0 Å². The van der Waals surface area contributed by atoms with Gasteiger partial charge in [0.15, 0.2) is 0 Å². The molecule has 20 heavy (non-hydrogen) atoms. The van der Waals surface area contributed by atoms with E-state index in [-0.39, 0.29) is 17.7 Å².